The lowest BCUT2D eigenvalue weighted by Gasteiger charge is -2.10. The molecule has 0 spiro atoms. The quantitative estimate of drug-likeness (QED) is 0.403. The first-order chi connectivity index (χ1) is 14.2. The van der Waals surface area contributed by atoms with Gasteiger partial charge in [-0.2, -0.15) is 0 Å². The summed E-state index contributed by atoms with van der Waals surface area (Å²) < 4.78 is 5.24. The van der Waals surface area contributed by atoms with Crippen LogP contribution in [0.25, 0.3) is 22.3 Å². The van der Waals surface area contributed by atoms with Crippen molar-refractivity contribution in [3.05, 3.63) is 107 Å². The van der Waals surface area contributed by atoms with Crippen molar-refractivity contribution in [1.29, 1.82) is 0 Å². The van der Waals surface area contributed by atoms with E-state index in [1.54, 1.807) is 0 Å². The van der Waals surface area contributed by atoms with Crippen LogP contribution in [0.1, 0.15) is 5.56 Å². The van der Waals surface area contributed by atoms with Crippen LogP contribution in [0, 0.1) is 0 Å². The summed E-state index contributed by atoms with van der Waals surface area (Å²) in [5, 5.41) is 10.8. The maximum atomic E-state index is 12.2. The molecule has 1 heterocycles. The Balaban J connectivity index is 1.61. The lowest BCUT2D eigenvalue weighted by atomic mass is 10.00. The van der Waals surface area contributed by atoms with Gasteiger partial charge in [0.05, 0.1) is 5.56 Å². The largest absolute Gasteiger partial charge is 0.506 e. The van der Waals surface area contributed by atoms with Crippen LogP contribution in [0.4, 0.5) is 0 Å². The molecule has 4 aromatic rings. The summed E-state index contributed by atoms with van der Waals surface area (Å²) in [6, 6.07) is 27.9. The van der Waals surface area contributed by atoms with Gasteiger partial charge in [0.15, 0.2) is 0 Å². The van der Waals surface area contributed by atoms with Gasteiger partial charge in [0, 0.05) is 5.75 Å². The topological polar surface area (TPSA) is 50.4 Å². The third-order valence-electron chi connectivity index (χ3n) is 4.70. The van der Waals surface area contributed by atoms with E-state index in [9.17, 15) is 9.90 Å². The molecular weight excluding hydrogens is 380 g/mol. The molecule has 1 N–H and O–H groups in total. The standard InChI is InChI=1S/C25H20O3S/c26-23-22(21-13-7-12-20(16-21)19-10-5-2-6-11-19)17-28-25(27)24(23)29-15-14-18-8-3-1-4-9-18/h1-13,16-17,26H,14-15H2. The molecule has 144 valence electrons. The van der Waals surface area contributed by atoms with Crippen molar-refractivity contribution in [3.8, 4) is 28.0 Å². The summed E-state index contributed by atoms with van der Waals surface area (Å²) in [6.45, 7) is 0. The minimum Gasteiger partial charge on any atom is -0.506 e. The highest BCUT2D eigenvalue weighted by molar-refractivity contribution is 7.99. The molecular formula is C25H20O3S. The van der Waals surface area contributed by atoms with E-state index in [-0.39, 0.29) is 10.6 Å². The molecule has 3 nitrogen and oxygen atoms in total. The summed E-state index contributed by atoms with van der Waals surface area (Å²) >= 11 is 1.32. The van der Waals surface area contributed by atoms with Gasteiger partial charge in [-0.1, -0.05) is 78.9 Å². The van der Waals surface area contributed by atoms with Crippen LogP contribution in [-0.4, -0.2) is 10.9 Å². The maximum Gasteiger partial charge on any atom is 0.353 e. The van der Waals surface area contributed by atoms with E-state index in [2.05, 4.69) is 12.1 Å². The van der Waals surface area contributed by atoms with Crippen molar-refractivity contribution in [2.24, 2.45) is 0 Å². The molecule has 0 aliphatic heterocycles. The van der Waals surface area contributed by atoms with Crippen LogP contribution >= 0.6 is 11.8 Å². The van der Waals surface area contributed by atoms with Crippen molar-refractivity contribution in [2.75, 3.05) is 5.75 Å². The number of aryl methyl sites for hydroxylation is 1. The zero-order valence-corrected chi connectivity index (χ0v) is 16.6. The number of hydrogen-bond donors (Lipinski definition) is 1. The van der Waals surface area contributed by atoms with Crippen LogP contribution in [0.15, 0.2) is 105 Å². The van der Waals surface area contributed by atoms with Gasteiger partial charge >= 0.3 is 5.63 Å². The van der Waals surface area contributed by atoms with E-state index in [0.29, 0.717) is 11.3 Å². The monoisotopic (exact) mass is 400 g/mol. The predicted molar refractivity (Wildman–Crippen MR) is 118 cm³/mol. The normalized spacial score (nSPS) is 10.8. The molecule has 0 unspecified atom stereocenters. The Hall–Kier alpha value is -3.24. The van der Waals surface area contributed by atoms with Crippen molar-refractivity contribution in [3.63, 3.8) is 0 Å². The highest BCUT2D eigenvalue weighted by atomic mass is 32.2. The first-order valence-corrected chi connectivity index (χ1v) is 10.4. The van der Waals surface area contributed by atoms with Crippen LogP contribution in [0.3, 0.4) is 0 Å². The first-order valence-electron chi connectivity index (χ1n) is 9.40. The van der Waals surface area contributed by atoms with Crippen molar-refractivity contribution < 1.29 is 9.52 Å². The highest BCUT2D eigenvalue weighted by Gasteiger charge is 2.16. The molecule has 4 rings (SSSR count). The molecule has 0 bridgehead atoms. The summed E-state index contributed by atoms with van der Waals surface area (Å²) in [4.78, 5) is 12.5. The predicted octanol–water partition coefficient (Wildman–Crippen LogP) is 6.01. The molecule has 0 fully saturated rings. The summed E-state index contributed by atoms with van der Waals surface area (Å²) in [7, 11) is 0. The molecule has 29 heavy (non-hydrogen) atoms. The van der Waals surface area contributed by atoms with Crippen LogP contribution in [0.2, 0.25) is 0 Å². The van der Waals surface area contributed by atoms with Gasteiger partial charge in [0.2, 0.25) is 0 Å². The summed E-state index contributed by atoms with van der Waals surface area (Å²) in [5.41, 5.74) is 4.12. The van der Waals surface area contributed by atoms with Gasteiger partial charge < -0.3 is 9.52 Å². The minimum atomic E-state index is -0.511. The van der Waals surface area contributed by atoms with E-state index in [1.165, 1.54) is 23.6 Å². The summed E-state index contributed by atoms with van der Waals surface area (Å²) in [5.74, 6) is 0.653. The van der Waals surface area contributed by atoms with Gasteiger partial charge in [0.1, 0.15) is 16.9 Å². The second-order valence-electron chi connectivity index (χ2n) is 6.65. The van der Waals surface area contributed by atoms with Crippen molar-refractivity contribution in [1.82, 2.24) is 0 Å². The molecule has 1 aromatic heterocycles. The lowest BCUT2D eigenvalue weighted by Crippen LogP contribution is -2.03. The van der Waals surface area contributed by atoms with Crippen LogP contribution < -0.4 is 5.63 Å². The molecule has 0 saturated heterocycles. The number of rotatable bonds is 6. The number of aromatic hydroxyl groups is 1. The van der Waals surface area contributed by atoms with Crippen molar-refractivity contribution >= 4 is 11.8 Å². The number of benzene rings is 3. The fourth-order valence-corrected chi connectivity index (χ4v) is 4.14. The van der Waals surface area contributed by atoms with E-state index in [0.717, 1.165) is 23.1 Å². The maximum absolute atomic E-state index is 12.2. The Kier molecular flexibility index (Phi) is 5.82. The average Bonchev–Trinajstić information content (AvgIpc) is 2.77. The van der Waals surface area contributed by atoms with Crippen LogP contribution in [-0.2, 0) is 6.42 Å². The summed E-state index contributed by atoms with van der Waals surface area (Å²) in [6.07, 6.45) is 2.14. The lowest BCUT2D eigenvalue weighted by molar-refractivity contribution is 0.428. The first kappa shape index (κ1) is 19.1. The third kappa shape index (κ3) is 4.44. The molecule has 0 aliphatic carbocycles. The molecule has 3 aromatic carbocycles. The fraction of sp³-hybridized carbons (Fsp3) is 0.0800. The average molecular weight is 400 g/mol. The van der Waals surface area contributed by atoms with Crippen LogP contribution in [0.5, 0.6) is 5.75 Å². The highest BCUT2D eigenvalue weighted by Crippen LogP contribution is 2.36. The van der Waals surface area contributed by atoms with E-state index in [4.69, 9.17) is 4.42 Å². The molecule has 0 amide bonds. The van der Waals surface area contributed by atoms with Gasteiger partial charge in [-0.05, 0) is 34.7 Å². The zero-order chi connectivity index (χ0) is 20.1. The van der Waals surface area contributed by atoms with E-state index in [1.807, 2.05) is 72.8 Å². The Bertz CT molecular complexity index is 1150. The molecule has 4 heteroatoms. The van der Waals surface area contributed by atoms with Gasteiger partial charge in [-0.15, -0.1) is 11.8 Å². The fourth-order valence-electron chi connectivity index (χ4n) is 3.19. The smallest absolute Gasteiger partial charge is 0.353 e. The molecule has 0 atom stereocenters. The third-order valence-corrected chi connectivity index (χ3v) is 5.76. The SMILES string of the molecule is O=c1occ(-c2cccc(-c3ccccc3)c2)c(O)c1SCCc1ccccc1. The Morgan fingerprint density at radius 2 is 1.45 bits per heavy atom. The second kappa shape index (κ2) is 8.84. The Morgan fingerprint density at radius 3 is 2.21 bits per heavy atom. The number of hydrogen-bond acceptors (Lipinski definition) is 4. The molecule has 0 radical (unpaired) electrons. The Morgan fingerprint density at radius 1 is 0.793 bits per heavy atom. The van der Waals surface area contributed by atoms with Gasteiger partial charge in [0.25, 0.3) is 0 Å². The Labute approximate surface area is 173 Å². The van der Waals surface area contributed by atoms with Crippen molar-refractivity contribution in [2.45, 2.75) is 11.3 Å². The number of thioether (sulfide) groups is 1. The van der Waals surface area contributed by atoms with Gasteiger partial charge in [-0.25, -0.2) is 4.79 Å². The van der Waals surface area contributed by atoms with E-state index < -0.39 is 5.63 Å². The van der Waals surface area contributed by atoms with E-state index >= 15 is 0 Å². The molecule has 0 saturated carbocycles. The minimum absolute atomic E-state index is 0.0236. The molecule has 0 aliphatic rings. The second-order valence-corrected chi connectivity index (χ2v) is 7.75. The van der Waals surface area contributed by atoms with Gasteiger partial charge in [-0.3, -0.25) is 0 Å². The zero-order valence-electron chi connectivity index (χ0n) is 15.7.